The van der Waals surface area contributed by atoms with Crippen LogP contribution in [0.4, 0.5) is 0 Å². The van der Waals surface area contributed by atoms with Gasteiger partial charge in [-0.15, -0.1) is 0 Å². The molecule has 4 heteroatoms. The fourth-order valence-electron chi connectivity index (χ4n) is 2.01. The van der Waals surface area contributed by atoms with Crippen LogP contribution in [0, 0.1) is 6.92 Å². The van der Waals surface area contributed by atoms with Crippen LogP contribution >= 0.6 is 0 Å². The maximum absolute atomic E-state index is 10.6. The van der Waals surface area contributed by atoms with E-state index in [1.165, 1.54) is 18.4 Å². The molecular formula is C13H18N2O2. The van der Waals surface area contributed by atoms with Crippen molar-refractivity contribution in [3.8, 4) is 0 Å². The number of aromatic nitrogens is 1. The van der Waals surface area contributed by atoms with E-state index in [1.807, 2.05) is 19.3 Å². The minimum atomic E-state index is -0.724. The van der Waals surface area contributed by atoms with Gasteiger partial charge in [0.2, 0.25) is 0 Å². The third kappa shape index (κ3) is 3.82. The first kappa shape index (κ1) is 12.0. The number of hydrogen-bond acceptors (Lipinski definition) is 3. The SMILES string of the molecule is Cc1cncc(CN(CCC(=O)O)C2CC2)c1. The highest BCUT2D eigenvalue weighted by Crippen LogP contribution is 2.28. The highest BCUT2D eigenvalue weighted by atomic mass is 16.4. The fourth-order valence-corrected chi connectivity index (χ4v) is 2.01. The monoisotopic (exact) mass is 234 g/mol. The summed E-state index contributed by atoms with van der Waals surface area (Å²) in [6.07, 6.45) is 6.30. The molecule has 1 aliphatic carbocycles. The van der Waals surface area contributed by atoms with Gasteiger partial charge in [-0.3, -0.25) is 14.7 Å². The van der Waals surface area contributed by atoms with Crippen LogP contribution in [0.2, 0.25) is 0 Å². The van der Waals surface area contributed by atoms with Crippen LogP contribution in [0.25, 0.3) is 0 Å². The Bertz CT molecular complexity index is 402. The van der Waals surface area contributed by atoms with Gasteiger partial charge in [-0.05, 0) is 30.9 Å². The smallest absolute Gasteiger partial charge is 0.304 e. The summed E-state index contributed by atoms with van der Waals surface area (Å²) in [5.41, 5.74) is 2.32. The quantitative estimate of drug-likeness (QED) is 0.816. The Balaban J connectivity index is 1.95. The lowest BCUT2D eigenvalue weighted by Crippen LogP contribution is -2.28. The Morgan fingerprint density at radius 2 is 2.29 bits per heavy atom. The van der Waals surface area contributed by atoms with Crippen molar-refractivity contribution in [2.24, 2.45) is 0 Å². The number of hydrogen-bond donors (Lipinski definition) is 1. The fraction of sp³-hybridized carbons (Fsp3) is 0.538. The standard InChI is InChI=1S/C13H18N2O2/c1-10-6-11(8-14-7-10)9-15(12-2-3-12)5-4-13(16)17/h6-8,12H,2-5,9H2,1H3,(H,16,17). The van der Waals surface area contributed by atoms with Gasteiger partial charge in [0.1, 0.15) is 0 Å². The summed E-state index contributed by atoms with van der Waals surface area (Å²) in [6.45, 7) is 3.47. The molecule has 1 fully saturated rings. The van der Waals surface area contributed by atoms with Crippen LogP contribution in [-0.4, -0.2) is 33.5 Å². The van der Waals surface area contributed by atoms with Gasteiger partial charge in [0, 0.05) is 31.5 Å². The number of carbonyl (C=O) groups is 1. The van der Waals surface area contributed by atoms with E-state index in [0.29, 0.717) is 12.6 Å². The molecule has 0 unspecified atom stereocenters. The van der Waals surface area contributed by atoms with Crippen LogP contribution in [0.5, 0.6) is 0 Å². The van der Waals surface area contributed by atoms with Crippen molar-refractivity contribution in [3.63, 3.8) is 0 Å². The van der Waals surface area contributed by atoms with E-state index in [1.54, 1.807) is 0 Å². The summed E-state index contributed by atoms with van der Waals surface area (Å²) in [4.78, 5) is 17.0. The molecule has 4 nitrogen and oxygen atoms in total. The molecule has 0 aromatic carbocycles. The second-order valence-electron chi connectivity index (χ2n) is 4.72. The number of nitrogens with zero attached hydrogens (tertiary/aromatic N) is 2. The van der Waals surface area contributed by atoms with Gasteiger partial charge in [-0.1, -0.05) is 6.07 Å². The van der Waals surface area contributed by atoms with Crippen molar-refractivity contribution in [3.05, 3.63) is 29.6 Å². The molecule has 1 heterocycles. The normalized spacial score (nSPS) is 15.2. The third-order valence-electron chi connectivity index (χ3n) is 2.99. The molecule has 0 amide bonds. The molecule has 0 saturated heterocycles. The highest BCUT2D eigenvalue weighted by Gasteiger charge is 2.29. The lowest BCUT2D eigenvalue weighted by molar-refractivity contribution is -0.137. The lowest BCUT2D eigenvalue weighted by atomic mass is 10.2. The minimum Gasteiger partial charge on any atom is -0.481 e. The predicted molar refractivity (Wildman–Crippen MR) is 64.7 cm³/mol. The van der Waals surface area contributed by atoms with E-state index >= 15 is 0 Å². The molecular weight excluding hydrogens is 216 g/mol. The minimum absolute atomic E-state index is 0.218. The Kier molecular flexibility index (Phi) is 3.74. The predicted octanol–water partition coefficient (Wildman–Crippen LogP) is 1.83. The largest absolute Gasteiger partial charge is 0.481 e. The first-order valence-electron chi connectivity index (χ1n) is 6.01. The van der Waals surface area contributed by atoms with E-state index in [-0.39, 0.29) is 6.42 Å². The number of rotatable bonds is 6. The van der Waals surface area contributed by atoms with Crippen LogP contribution in [0.1, 0.15) is 30.4 Å². The van der Waals surface area contributed by atoms with E-state index in [0.717, 1.165) is 12.1 Å². The first-order valence-corrected chi connectivity index (χ1v) is 6.01. The third-order valence-corrected chi connectivity index (χ3v) is 2.99. The van der Waals surface area contributed by atoms with Gasteiger partial charge in [-0.2, -0.15) is 0 Å². The Labute approximate surface area is 101 Å². The lowest BCUT2D eigenvalue weighted by Gasteiger charge is -2.21. The molecule has 0 bridgehead atoms. The number of carboxylic acid groups (broad SMARTS) is 1. The zero-order valence-electron chi connectivity index (χ0n) is 10.1. The van der Waals surface area contributed by atoms with Crippen LogP contribution in [0.3, 0.4) is 0 Å². The molecule has 0 aliphatic heterocycles. The van der Waals surface area contributed by atoms with Crippen LogP contribution in [0.15, 0.2) is 18.5 Å². The van der Waals surface area contributed by atoms with Crippen LogP contribution < -0.4 is 0 Å². The molecule has 2 rings (SSSR count). The maximum Gasteiger partial charge on any atom is 0.304 e. The van der Waals surface area contributed by atoms with E-state index < -0.39 is 5.97 Å². The maximum atomic E-state index is 10.6. The molecule has 1 aliphatic rings. The Morgan fingerprint density at radius 3 is 2.88 bits per heavy atom. The van der Waals surface area contributed by atoms with Gasteiger partial charge >= 0.3 is 5.97 Å². The number of carboxylic acids is 1. The topological polar surface area (TPSA) is 53.4 Å². The van der Waals surface area contributed by atoms with Gasteiger partial charge in [0.05, 0.1) is 6.42 Å². The highest BCUT2D eigenvalue weighted by molar-refractivity contribution is 5.66. The van der Waals surface area contributed by atoms with Gasteiger partial charge in [0.25, 0.3) is 0 Å². The summed E-state index contributed by atoms with van der Waals surface area (Å²) < 4.78 is 0. The van der Waals surface area contributed by atoms with Gasteiger partial charge in [0.15, 0.2) is 0 Å². The average Bonchev–Trinajstić information content (AvgIpc) is 3.07. The van der Waals surface area contributed by atoms with E-state index in [2.05, 4.69) is 16.0 Å². The molecule has 1 N–H and O–H groups in total. The summed E-state index contributed by atoms with van der Waals surface area (Å²) in [5.74, 6) is -0.724. The molecule has 0 radical (unpaired) electrons. The van der Waals surface area contributed by atoms with Crippen LogP contribution in [-0.2, 0) is 11.3 Å². The number of aryl methyl sites for hydroxylation is 1. The van der Waals surface area contributed by atoms with Crippen molar-refractivity contribution < 1.29 is 9.90 Å². The number of pyridine rings is 1. The number of aliphatic carboxylic acids is 1. The molecule has 1 aromatic rings. The average molecular weight is 234 g/mol. The zero-order chi connectivity index (χ0) is 12.3. The summed E-state index contributed by atoms with van der Waals surface area (Å²) in [7, 11) is 0. The first-order chi connectivity index (χ1) is 8.15. The molecule has 1 aromatic heterocycles. The zero-order valence-corrected chi connectivity index (χ0v) is 10.1. The summed E-state index contributed by atoms with van der Waals surface area (Å²) >= 11 is 0. The molecule has 0 atom stereocenters. The molecule has 92 valence electrons. The van der Waals surface area contributed by atoms with Gasteiger partial charge < -0.3 is 5.11 Å². The van der Waals surface area contributed by atoms with Gasteiger partial charge in [-0.25, -0.2) is 0 Å². The van der Waals surface area contributed by atoms with E-state index in [4.69, 9.17) is 5.11 Å². The summed E-state index contributed by atoms with van der Waals surface area (Å²) in [5, 5.41) is 8.74. The van der Waals surface area contributed by atoms with Crippen molar-refractivity contribution in [1.82, 2.24) is 9.88 Å². The Hall–Kier alpha value is -1.42. The van der Waals surface area contributed by atoms with Crippen molar-refractivity contribution in [1.29, 1.82) is 0 Å². The van der Waals surface area contributed by atoms with Crippen molar-refractivity contribution >= 4 is 5.97 Å². The molecule has 0 spiro atoms. The van der Waals surface area contributed by atoms with Crippen molar-refractivity contribution in [2.75, 3.05) is 6.54 Å². The second-order valence-corrected chi connectivity index (χ2v) is 4.72. The second kappa shape index (κ2) is 5.27. The summed E-state index contributed by atoms with van der Waals surface area (Å²) in [6, 6.07) is 2.69. The Morgan fingerprint density at radius 1 is 1.53 bits per heavy atom. The molecule has 1 saturated carbocycles. The van der Waals surface area contributed by atoms with Crippen molar-refractivity contribution in [2.45, 2.75) is 38.8 Å². The molecule has 17 heavy (non-hydrogen) atoms. The van der Waals surface area contributed by atoms with E-state index in [9.17, 15) is 4.79 Å².